The lowest BCUT2D eigenvalue weighted by molar-refractivity contribution is 0.196. The molecule has 84 valence electrons. The van der Waals surface area contributed by atoms with Gasteiger partial charge in [-0.1, -0.05) is 36.2 Å². The smallest absolute Gasteiger partial charge is 0.123 e. The lowest BCUT2D eigenvalue weighted by Gasteiger charge is -2.30. The molecule has 1 aromatic rings. The first-order valence-electron chi connectivity index (χ1n) is 6.01. The van der Waals surface area contributed by atoms with E-state index in [1.165, 1.54) is 24.8 Å². The van der Waals surface area contributed by atoms with Gasteiger partial charge in [0.1, 0.15) is 6.04 Å². The molecule has 1 heterocycles. The first-order valence-corrected chi connectivity index (χ1v) is 6.01. The van der Waals surface area contributed by atoms with Crippen molar-refractivity contribution in [2.45, 2.75) is 32.2 Å². The van der Waals surface area contributed by atoms with E-state index in [4.69, 9.17) is 0 Å². The zero-order valence-electron chi connectivity index (χ0n) is 9.82. The Morgan fingerprint density at radius 3 is 2.31 bits per heavy atom. The largest absolute Gasteiger partial charge is 0.284 e. The molecule has 0 aliphatic carbocycles. The first kappa shape index (κ1) is 11.2. The number of piperidine rings is 1. The Balaban J connectivity index is 2.15. The fraction of sp³-hybridized carbons (Fsp3) is 0.500. The van der Waals surface area contributed by atoms with E-state index < -0.39 is 0 Å². The van der Waals surface area contributed by atoms with E-state index in [1.54, 1.807) is 0 Å². The summed E-state index contributed by atoms with van der Waals surface area (Å²) in [5.41, 5.74) is 2.38. The van der Waals surface area contributed by atoms with Crippen LogP contribution in [0.1, 0.15) is 36.4 Å². The molecule has 0 radical (unpaired) electrons. The van der Waals surface area contributed by atoms with Gasteiger partial charge in [-0.2, -0.15) is 5.26 Å². The minimum atomic E-state index is -0.0547. The van der Waals surface area contributed by atoms with E-state index in [0.717, 1.165) is 18.7 Å². The fourth-order valence-corrected chi connectivity index (χ4v) is 2.29. The summed E-state index contributed by atoms with van der Waals surface area (Å²) < 4.78 is 0. The minimum absolute atomic E-state index is 0.0547. The third-order valence-corrected chi connectivity index (χ3v) is 3.27. The van der Waals surface area contributed by atoms with Gasteiger partial charge < -0.3 is 0 Å². The summed E-state index contributed by atoms with van der Waals surface area (Å²) in [6.07, 6.45) is 3.76. The van der Waals surface area contributed by atoms with Crippen molar-refractivity contribution in [2.24, 2.45) is 0 Å². The summed E-state index contributed by atoms with van der Waals surface area (Å²) in [5, 5.41) is 9.31. The van der Waals surface area contributed by atoms with Crippen LogP contribution in [0.3, 0.4) is 0 Å². The highest BCUT2D eigenvalue weighted by Gasteiger charge is 2.21. The van der Waals surface area contributed by atoms with Crippen LogP contribution in [-0.2, 0) is 0 Å². The van der Waals surface area contributed by atoms with Crippen LogP contribution in [0.2, 0.25) is 0 Å². The van der Waals surface area contributed by atoms with Crippen molar-refractivity contribution in [2.75, 3.05) is 13.1 Å². The van der Waals surface area contributed by atoms with Crippen molar-refractivity contribution < 1.29 is 0 Å². The van der Waals surface area contributed by atoms with E-state index in [-0.39, 0.29) is 6.04 Å². The maximum atomic E-state index is 9.31. The second-order valence-corrected chi connectivity index (χ2v) is 4.54. The molecule has 2 rings (SSSR count). The predicted octanol–water partition coefficient (Wildman–Crippen LogP) is 3.05. The van der Waals surface area contributed by atoms with Gasteiger partial charge >= 0.3 is 0 Å². The molecule has 1 saturated heterocycles. The van der Waals surface area contributed by atoms with Gasteiger partial charge in [-0.05, 0) is 38.4 Å². The lowest BCUT2D eigenvalue weighted by Crippen LogP contribution is -2.33. The molecule has 1 aliphatic rings. The summed E-state index contributed by atoms with van der Waals surface area (Å²) in [6.45, 7) is 4.20. The molecule has 1 aromatic carbocycles. The first-order chi connectivity index (χ1) is 7.81. The average Bonchev–Trinajstić information content (AvgIpc) is 2.34. The van der Waals surface area contributed by atoms with Gasteiger partial charge in [-0.3, -0.25) is 4.90 Å². The Morgan fingerprint density at radius 1 is 1.12 bits per heavy atom. The van der Waals surface area contributed by atoms with E-state index in [2.05, 4.69) is 42.2 Å². The third-order valence-electron chi connectivity index (χ3n) is 3.27. The van der Waals surface area contributed by atoms with Crippen LogP contribution in [-0.4, -0.2) is 18.0 Å². The summed E-state index contributed by atoms with van der Waals surface area (Å²) in [5.74, 6) is 0. The Kier molecular flexibility index (Phi) is 3.58. The molecule has 0 saturated carbocycles. The highest BCUT2D eigenvalue weighted by atomic mass is 15.2. The molecule has 1 atom stereocenters. The van der Waals surface area contributed by atoms with Crippen molar-refractivity contribution in [3.8, 4) is 6.07 Å². The lowest BCUT2D eigenvalue weighted by atomic mass is 10.0. The number of nitriles is 1. The Bertz CT molecular complexity index is 369. The normalized spacial score (nSPS) is 19.0. The second-order valence-electron chi connectivity index (χ2n) is 4.54. The van der Waals surface area contributed by atoms with E-state index in [1.807, 2.05) is 0 Å². The summed E-state index contributed by atoms with van der Waals surface area (Å²) >= 11 is 0. The van der Waals surface area contributed by atoms with Crippen molar-refractivity contribution in [3.63, 3.8) is 0 Å². The number of rotatable bonds is 2. The van der Waals surface area contributed by atoms with Gasteiger partial charge in [0.05, 0.1) is 6.07 Å². The summed E-state index contributed by atoms with van der Waals surface area (Å²) in [7, 11) is 0. The molecule has 0 spiro atoms. The van der Waals surface area contributed by atoms with Crippen molar-refractivity contribution >= 4 is 0 Å². The highest BCUT2D eigenvalue weighted by Crippen LogP contribution is 2.24. The maximum Gasteiger partial charge on any atom is 0.123 e. The van der Waals surface area contributed by atoms with Crippen LogP contribution < -0.4 is 0 Å². The molecular weight excluding hydrogens is 196 g/mol. The van der Waals surface area contributed by atoms with Gasteiger partial charge in [0, 0.05) is 0 Å². The molecule has 0 bridgehead atoms. The van der Waals surface area contributed by atoms with Crippen LogP contribution >= 0.6 is 0 Å². The van der Waals surface area contributed by atoms with Crippen LogP contribution in [0.15, 0.2) is 24.3 Å². The molecule has 0 amide bonds. The standard InChI is InChI=1S/C14H18N2/c1-12-5-7-13(8-6-12)14(11-15)16-9-3-2-4-10-16/h5-8,14H,2-4,9-10H2,1H3. The third kappa shape index (κ3) is 2.43. The average molecular weight is 214 g/mol. The van der Waals surface area contributed by atoms with Gasteiger partial charge in [-0.25, -0.2) is 0 Å². The van der Waals surface area contributed by atoms with Gasteiger partial charge in [0.2, 0.25) is 0 Å². The minimum Gasteiger partial charge on any atom is -0.284 e. The van der Waals surface area contributed by atoms with Crippen LogP contribution in [0.5, 0.6) is 0 Å². The van der Waals surface area contributed by atoms with E-state index in [9.17, 15) is 5.26 Å². The van der Waals surface area contributed by atoms with Gasteiger partial charge in [-0.15, -0.1) is 0 Å². The van der Waals surface area contributed by atoms with Crippen LogP contribution in [0.25, 0.3) is 0 Å². The van der Waals surface area contributed by atoms with Gasteiger partial charge in [0.15, 0.2) is 0 Å². The van der Waals surface area contributed by atoms with E-state index >= 15 is 0 Å². The molecule has 1 aliphatic heterocycles. The fourth-order valence-electron chi connectivity index (χ4n) is 2.29. The Labute approximate surface area is 97.5 Å². The topological polar surface area (TPSA) is 27.0 Å². The van der Waals surface area contributed by atoms with Crippen LogP contribution in [0.4, 0.5) is 0 Å². The molecule has 2 heteroatoms. The molecule has 0 N–H and O–H groups in total. The number of aryl methyl sites for hydroxylation is 1. The molecule has 0 aromatic heterocycles. The number of likely N-dealkylation sites (tertiary alicyclic amines) is 1. The van der Waals surface area contributed by atoms with Crippen LogP contribution in [0, 0.1) is 18.3 Å². The number of hydrogen-bond acceptors (Lipinski definition) is 2. The monoisotopic (exact) mass is 214 g/mol. The Morgan fingerprint density at radius 2 is 1.75 bits per heavy atom. The summed E-state index contributed by atoms with van der Waals surface area (Å²) in [6, 6.07) is 10.7. The number of benzene rings is 1. The molecular formula is C14H18N2. The zero-order valence-corrected chi connectivity index (χ0v) is 9.82. The quantitative estimate of drug-likeness (QED) is 0.756. The molecule has 2 nitrogen and oxygen atoms in total. The molecule has 16 heavy (non-hydrogen) atoms. The van der Waals surface area contributed by atoms with Gasteiger partial charge in [0.25, 0.3) is 0 Å². The SMILES string of the molecule is Cc1ccc(C(C#N)N2CCCCC2)cc1. The highest BCUT2D eigenvalue weighted by molar-refractivity contribution is 5.27. The molecule has 1 fully saturated rings. The zero-order chi connectivity index (χ0) is 11.4. The summed E-state index contributed by atoms with van der Waals surface area (Å²) in [4.78, 5) is 2.30. The van der Waals surface area contributed by atoms with E-state index in [0.29, 0.717) is 0 Å². The predicted molar refractivity (Wildman–Crippen MR) is 65.0 cm³/mol. The number of hydrogen-bond donors (Lipinski definition) is 0. The maximum absolute atomic E-state index is 9.31. The second kappa shape index (κ2) is 5.14. The van der Waals surface area contributed by atoms with Crippen molar-refractivity contribution in [1.82, 2.24) is 4.90 Å². The molecule has 1 unspecified atom stereocenters. The Hall–Kier alpha value is -1.33. The van der Waals surface area contributed by atoms with Crippen molar-refractivity contribution in [1.29, 1.82) is 5.26 Å². The van der Waals surface area contributed by atoms with Crippen molar-refractivity contribution in [3.05, 3.63) is 35.4 Å². The number of nitrogens with zero attached hydrogens (tertiary/aromatic N) is 2.